The molecule has 1 aliphatic heterocycles. The van der Waals surface area contributed by atoms with Crippen LogP contribution in [0.2, 0.25) is 0 Å². The standard InChI is InChI=1S/C68H55NO/c1-65(2,3)47-32-36-53-54-37-33-48(66(4,5)6)41-59(54)68(58(53)40-47)57-29-17-18-31-63(57)70-64-39-35-50(43-61(64)68)69(62-30-19-21-44-20-13-14-26-51(44)62)49-34-38-55-52-27-15-16-28-56(52)67(60(55)42-49,45-22-9-7-10-23-45)46-24-11-8-12-25-46/h7-43H,1-6H3. The Balaban J connectivity index is 1.12. The van der Waals surface area contributed by atoms with E-state index in [2.05, 4.69) is 271 Å². The quantitative estimate of drug-likeness (QED) is 0.171. The second kappa shape index (κ2) is 15.3. The molecule has 1 heterocycles. The maximum Gasteiger partial charge on any atom is 0.132 e. The number of ether oxygens (including phenoxy) is 1. The topological polar surface area (TPSA) is 12.5 Å². The third kappa shape index (κ3) is 5.99. The number of fused-ring (bicyclic) bond motifs is 13. The molecule has 0 fully saturated rings. The molecule has 0 bridgehead atoms. The summed E-state index contributed by atoms with van der Waals surface area (Å²) >= 11 is 0. The number of anilines is 3. The van der Waals surface area contributed by atoms with Crippen LogP contribution in [0.3, 0.4) is 0 Å². The van der Waals surface area contributed by atoms with E-state index in [1.54, 1.807) is 0 Å². The van der Waals surface area contributed by atoms with Crippen molar-refractivity contribution in [3.8, 4) is 33.8 Å². The van der Waals surface area contributed by atoms with Gasteiger partial charge in [-0.3, -0.25) is 0 Å². The van der Waals surface area contributed by atoms with Crippen LogP contribution in [0.5, 0.6) is 11.5 Å². The molecule has 13 rings (SSSR count). The Labute approximate surface area is 412 Å². The van der Waals surface area contributed by atoms with Crippen molar-refractivity contribution in [2.75, 3.05) is 4.90 Å². The summed E-state index contributed by atoms with van der Waals surface area (Å²) in [6.07, 6.45) is 0. The monoisotopic (exact) mass is 901 g/mol. The van der Waals surface area contributed by atoms with Gasteiger partial charge in [-0.05, 0) is 125 Å². The lowest BCUT2D eigenvalue weighted by atomic mass is 9.65. The highest BCUT2D eigenvalue weighted by Gasteiger charge is 2.52. The first-order chi connectivity index (χ1) is 34.0. The van der Waals surface area contributed by atoms with Crippen molar-refractivity contribution in [2.24, 2.45) is 0 Å². The van der Waals surface area contributed by atoms with E-state index in [4.69, 9.17) is 4.74 Å². The van der Waals surface area contributed by atoms with Gasteiger partial charge in [0.05, 0.1) is 16.5 Å². The molecule has 3 aliphatic rings. The van der Waals surface area contributed by atoms with Crippen molar-refractivity contribution < 1.29 is 4.74 Å². The largest absolute Gasteiger partial charge is 0.457 e. The smallest absolute Gasteiger partial charge is 0.132 e. The van der Waals surface area contributed by atoms with Gasteiger partial charge in [0.2, 0.25) is 0 Å². The first kappa shape index (κ1) is 42.2. The van der Waals surface area contributed by atoms with E-state index < -0.39 is 10.8 Å². The maximum atomic E-state index is 7.11. The Hall–Kier alpha value is -7.94. The van der Waals surface area contributed by atoms with Crippen LogP contribution in [0.15, 0.2) is 224 Å². The minimum atomic E-state index is -0.673. The zero-order valence-electron chi connectivity index (χ0n) is 40.7. The minimum absolute atomic E-state index is 0.0654. The fraction of sp³-hybridized carbons (Fsp3) is 0.147. The van der Waals surface area contributed by atoms with E-state index in [1.807, 2.05) is 0 Å². The summed E-state index contributed by atoms with van der Waals surface area (Å²) in [5, 5.41) is 2.37. The molecule has 1 spiro atoms. The molecule has 338 valence electrons. The number of benzene rings is 10. The van der Waals surface area contributed by atoms with Gasteiger partial charge in [0, 0.05) is 27.9 Å². The predicted molar refractivity (Wildman–Crippen MR) is 291 cm³/mol. The van der Waals surface area contributed by atoms with Crippen LogP contribution in [0, 0.1) is 0 Å². The zero-order valence-corrected chi connectivity index (χ0v) is 40.7. The summed E-state index contributed by atoms with van der Waals surface area (Å²) in [5.41, 5.74) is 19.6. The van der Waals surface area contributed by atoms with Gasteiger partial charge in [-0.2, -0.15) is 0 Å². The van der Waals surface area contributed by atoms with E-state index in [9.17, 15) is 0 Å². The Morgan fingerprint density at radius 3 is 1.46 bits per heavy atom. The van der Waals surface area contributed by atoms with E-state index in [-0.39, 0.29) is 10.8 Å². The van der Waals surface area contributed by atoms with Gasteiger partial charge < -0.3 is 9.64 Å². The fourth-order valence-corrected chi connectivity index (χ4v) is 12.4. The highest BCUT2D eigenvalue weighted by Crippen LogP contribution is 2.64. The van der Waals surface area contributed by atoms with Crippen molar-refractivity contribution in [1.29, 1.82) is 0 Å². The SMILES string of the molecule is CC(C)(C)c1ccc2c(c1)C1(c3ccccc3Oc3ccc(N(c4ccc5c(c4)C(c4ccccc4)(c4ccccc4)c4ccccc4-5)c4cccc5ccccc45)cc31)c1cc(C(C)(C)C)ccc1-2. The lowest BCUT2D eigenvalue weighted by molar-refractivity contribution is 0.436. The molecule has 2 heteroatoms. The Kier molecular flexibility index (Phi) is 9.21. The van der Waals surface area contributed by atoms with Crippen LogP contribution in [0.1, 0.15) is 97.2 Å². The second-order valence-electron chi connectivity index (χ2n) is 21.6. The summed E-state index contributed by atoms with van der Waals surface area (Å²) in [7, 11) is 0. The summed E-state index contributed by atoms with van der Waals surface area (Å²) in [5.74, 6) is 1.77. The first-order valence-corrected chi connectivity index (χ1v) is 24.8. The molecule has 0 atom stereocenters. The molecule has 10 aromatic rings. The predicted octanol–water partition coefficient (Wildman–Crippen LogP) is 17.7. The molecule has 0 aromatic heterocycles. The maximum absolute atomic E-state index is 7.11. The number of hydrogen-bond donors (Lipinski definition) is 0. The lowest BCUT2D eigenvalue weighted by Crippen LogP contribution is -2.33. The molecule has 0 radical (unpaired) electrons. The van der Waals surface area contributed by atoms with Gasteiger partial charge in [-0.1, -0.05) is 224 Å². The van der Waals surface area contributed by atoms with Gasteiger partial charge in [0.15, 0.2) is 0 Å². The number of hydrogen-bond acceptors (Lipinski definition) is 2. The molecular formula is C68H55NO. The van der Waals surface area contributed by atoms with Crippen LogP contribution in [-0.4, -0.2) is 0 Å². The van der Waals surface area contributed by atoms with E-state index in [1.165, 1.54) is 83.1 Å². The van der Waals surface area contributed by atoms with Crippen molar-refractivity contribution in [3.05, 3.63) is 280 Å². The van der Waals surface area contributed by atoms with Gasteiger partial charge in [-0.15, -0.1) is 0 Å². The van der Waals surface area contributed by atoms with E-state index in [0.29, 0.717) is 0 Å². The van der Waals surface area contributed by atoms with Crippen molar-refractivity contribution in [3.63, 3.8) is 0 Å². The third-order valence-electron chi connectivity index (χ3n) is 15.7. The van der Waals surface area contributed by atoms with Gasteiger partial charge in [0.1, 0.15) is 11.5 Å². The molecular weight excluding hydrogens is 847 g/mol. The summed E-state index contributed by atoms with van der Waals surface area (Å²) in [4.78, 5) is 2.51. The van der Waals surface area contributed by atoms with Crippen LogP contribution < -0.4 is 9.64 Å². The molecule has 0 unspecified atom stereocenters. The number of rotatable bonds is 5. The van der Waals surface area contributed by atoms with Gasteiger partial charge in [0.25, 0.3) is 0 Å². The molecule has 2 nitrogen and oxygen atoms in total. The normalized spacial score (nSPS) is 14.5. The number of nitrogens with zero attached hydrogens (tertiary/aromatic N) is 1. The average Bonchev–Trinajstić information content (AvgIpc) is 3.84. The third-order valence-corrected chi connectivity index (χ3v) is 15.7. The molecule has 10 aromatic carbocycles. The van der Waals surface area contributed by atoms with Crippen LogP contribution in [0.4, 0.5) is 17.1 Å². The van der Waals surface area contributed by atoms with E-state index in [0.717, 1.165) is 34.1 Å². The molecule has 70 heavy (non-hydrogen) atoms. The summed E-state index contributed by atoms with van der Waals surface area (Å²) in [6.45, 7) is 14.0. The van der Waals surface area contributed by atoms with Crippen LogP contribution in [-0.2, 0) is 21.7 Å². The van der Waals surface area contributed by atoms with E-state index >= 15 is 0 Å². The molecule has 0 amide bonds. The summed E-state index contributed by atoms with van der Waals surface area (Å²) < 4.78 is 7.11. The zero-order chi connectivity index (χ0) is 47.6. The fourth-order valence-electron chi connectivity index (χ4n) is 12.4. The lowest BCUT2D eigenvalue weighted by Gasteiger charge is -2.41. The molecule has 0 saturated heterocycles. The van der Waals surface area contributed by atoms with Crippen LogP contribution >= 0.6 is 0 Å². The minimum Gasteiger partial charge on any atom is -0.457 e. The highest BCUT2D eigenvalue weighted by atomic mass is 16.5. The van der Waals surface area contributed by atoms with Gasteiger partial charge >= 0.3 is 0 Å². The van der Waals surface area contributed by atoms with Crippen molar-refractivity contribution in [2.45, 2.75) is 63.2 Å². The Bertz CT molecular complexity index is 3610. The molecule has 0 N–H and O–H groups in total. The molecule has 0 saturated carbocycles. The highest BCUT2D eigenvalue weighted by molar-refractivity contribution is 6.00. The van der Waals surface area contributed by atoms with Crippen molar-refractivity contribution >= 4 is 27.8 Å². The van der Waals surface area contributed by atoms with Crippen molar-refractivity contribution in [1.82, 2.24) is 0 Å². The van der Waals surface area contributed by atoms with Crippen LogP contribution in [0.25, 0.3) is 33.0 Å². The average molecular weight is 902 g/mol. The Morgan fingerprint density at radius 2 is 0.814 bits per heavy atom. The van der Waals surface area contributed by atoms with Gasteiger partial charge in [-0.25, -0.2) is 0 Å². The number of para-hydroxylation sites is 1. The second-order valence-corrected chi connectivity index (χ2v) is 21.6. The molecule has 2 aliphatic carbocycles. The Morgan fingerprint density at radius 1 is 0.343 bits per heavy atom. The first-order valence-electron chi connectivity index (χ1n) is 24.8. The summed E-state index contributed by atoms with van der Waals surface area (Å²) in [6, 6.07) is 84.2.